The topological polar surface area (TPSA) is 95.6 Å². The summed E-state index contributed by atoms with van der Waals surface area (Å²) < 4.78 is 27.1. The smallest absolute Gasteiger partial charge is 0.309 e. The monoisotopic (exact) mass is 415 g/mol. The molecule has 2 aromatic carbocycles. The van der Waals surface area contributed by atoms with Crippen molar-refractivity contribution in [2.45, 2.75) is 37.2 Å². The Morgan fingerprint density at radius 2 is 1.66 bits per heavy atom. The molecule has 1 fully saturated rings. The van der Waals surface area contributed by atoms with Gasteiger partial charge in [0.2, 0.25) is 10.0 Å². The Balaban J connectivity index is 1.55. The third kappa shape index (κ3) is 5.02. The number of rotatable bonds is 6. The second-order valence-corrected chi connectivity index (χ2v) is 8.93. The summed E-state index contributed by atoms with van der Waals surface area (Å²) in [4.78, 5) is 24.4. The Labute approximate surface area is 171 Å². The summed E-state index contributed by atoms with van der Waals surface area (Å²) >= 11 is 0. The van der Waals surface area contributed by atoms with E-state index in [0.29, 0.717) is 19.4 Å². The predicted octanol–water partition coefficient (Wildman–Crippen LogP) is 1.58. The molecule has 29 heavy (non-hydrogen) atoms. The van der Waals surface area contributed by atoms with E-state index < -0.39 is 21.8 Å². The molecule has 7 nitrogen and oxygen atoms in total. The van der Waals surface area contributed by atoms with E-state index in [4.69, 9.17) is 0 Å². The number of nitrogens with zero attached hydrogens (tertiary/aromatic N) is 1. The highest BCUT2D eigenvalue weighted by molar-refractivity contribution is 7.89. The number of aryl methyl sites for hydroxylation is 1. The van der Waals surface area contributed by atoms with E-state index in [0.717, 1.165) is 11.1 Å². The average Bonchev–Trinajstić information content (AvgIpc) is 3.21. The van der Waals surface area contributed by atoms with Crippen molar-refractivity contribution in [1.82, 2.24) is 14.9 Å². The Kier molecular flexibility index (Phi) is 6.66. The standard InChI is InChI=1S/C21H25N3O4S/c1-16-8-5-6-9-17(16)14-22-20(25)21(26)23-15-18-10-7-13-24(18)29(27,28)19-11-3-2-4-12-19/h2-6,8-9,11-12,18H,7,10,13-15H2,1H3,(H,22,25)(H,23,26)/t18-/m0/s1. The summed E-state index contributed by atoms with van der Waals surface area (Å²) in [7, 11) is -3.63. The summed E-state index contributed by atoms with van der Waals surface area (Å²) in [5.74, 6) is -1.49. The fourth-order valence-electron chi connectivity index (χ4n) is 3.41. The van der Waals surface area contributed by atoms with Crippen LogP contribution in [0.2, 0.25) is 0 Å². The highest BCUT2D eigenvalue weighted by Gasteiger charge is 2.35. The van der Waals surface area contributed by atoms with Gasteiger partial charge in [-0.3, -0.25) is 9.59 Å². The Hall–Kier alpha value is -2.71. The molecule has 2 N–H and O–H groups in total. The largest absolute Gasteiger partial charge is 0.346 e. The molecule has 0 radical (unpaired) electrons. The molecule has 0 saturated carbocycles. The highest BCUT2D eigenvalue weighted by Crippen LogP contribution is 2.25. The Morgan fingerprint density at radius 1 is 1.00 bits per heavy atom. The van der Waals surface area contributed by atoms with Crippen molar-refractivity contribution in [3.63, 3.8) is 0 Å². The normalized spacial score (nSPS) is 17.1. The van der Waals surface area contributed by atoms with Gasteiger partial charge in [-0.1, -0.05) is 42.5 Å². The molecule has 2 amide bonds. The van der Waals surface area contributed by atoms with Crippen LogP contribution < -0.4 is 10.6 Å². The van der Waals surface area contributed by atoms with Crippen LogP contribution in [0.4, 0.5) is 0 Å². The van der Waals surface area contributed by atoms with E-state index in [-0.39, 0.29) is 24.0 Å². The molecule has 0 spiro atoms. The number of carbonyl (C=O) groups is 2. The van der Waals surface area contributed by atoms with Gasteiger partial charge in [-0.25, -0.2) is 8.42 Å². The zero-order chi connectivity index (χ0) is 20.9. The zero-order valence-corrected chi connectivity index (χ0v) is 17.1. The highest BCUT2D eigenvalue weighted by atomic mass is 32.2. The molecule has 8 heteroatoms. The van der Waals surface area contributed by atoms with E-state index in [1.165, 1.54) is 4.31 Å². The first kappa shape index (κ1) is 21.0. The van der Waals surface area contributed by atoms with Gasteiger partial charge in [0.25, 0.3) is 0 Å². The van der Waals surface area contributed by atoms with Crippen LogP contribution in [0.15, 0.2) is 59.5 Å². The molecule has 1 saturated heterocycles. The van der Waals surface area contributed by atoms with E-state index >= 15 is 0 Å². The molecule has 1 atom stereocenters. The minimum Gasteiger partial charge on any atom is -0.346 e. The third-order valence-corrected chi connectivity index (χ3v) is 7.04. The lowest BCUT2D eigenvalue weighted by Crippen LogP contribution is -2.46. The quantitative estimate of drug-likeness (QED) is 0.701. The number of sulfonamides is 1. The average molecular weight is 416 g/mol. The molecule has 154 valence electrons. The van der Waals surface area contributed by atoms with Crippen molar-refractivity contribution < 1.29 is 18.0 Å². The molecule has 1 heterocycles. The van der Waals surface area contributed by atoms with Crippen LogP contribution in [-0.2, 0) is 26.2 Å². The predicted molar refractivity (Wildman–Crippen MR) is 109 cm³/mol. The van der Waals surface area contributed by atoms with Crippen LogP contribution in [-0.4, -0.2) is 43.7 Å². The van der Waals surface area contributed by atoms with Crippen LogP contribution in [0.3, 0.4) is 0 Å². The maximum atomic E-state index is 12.8. The lowest BCUT2D eigenvalue weighted by atomic mass is 10.1. The molecule has 2 aromatic rings. The van der Waals surface area contributed by atoms with Gasteiger partial charge in [0.1, 0.15) is 0 Å². The number of nitrogens with one attached hydrogen (secondary N) is 2. The number of amides is 2. The lowest BCUT2D eigenvalue weighted by molar-refractivity contribution is -0.139. The molecule has 0 aromatic heterocycles. The molecular weight excluding hydrogens is 390 g/mol. The van der Waals surface area contributed by atoms with Crippen LogP contribution in [0.1, 0.15) is 24.0 Å². The van der Waals surface area contributed by atoms with Crippen LogP contribution in [0, 0.1) is 6.92 Å². The fraction of sp³-hybridized carbons (Fsp3) is 0.333. The fourth-order valence-corrected chi connectivity index (χ4v) is 5.13. The first-order valence-corrected chi connectivity index (χ1v) is 11.0. The van der Waals surface area contributed by atoms with E-state index in [2.05, 4.69) is 10.6 Å². The summed E-state index contributed by atoms with van der Waals surface area (Å²) in [6, 6.07) is 15.5. The third-order valence-electron chi connectivity index (χ3n) is 5.08. The molecule has 1 aliphatic heterocycles. The summed E-state index contributed by atoms with van der Waals surface area (Å²) in [5, 5.41) is 5.17. The van der Waals surface area contributed by atoms with Crippen molar-refractivity contribution in [1.29, 1.82) is 0 Å². The van der Waals surface area contributed by atoms with E-state index in [1.807, 2.05) is 31.2 Å². The van der Waals surface area contributed by atoms with Gasteiger partial charge in [0.15, 0.2) is 0 Å². The van der Waals surface area contributed by atoms with Gasteiger partial charge in [0.05, 0.1) is 4.90 Å². The zero-order valence-electron chi connectivity index (χ0n) is 16.3. The van der Waals surface area contributed by atoms with Gasteiger partial charge in [-0.2, -0.15) is 4.31 Å². The van der Waals surface area contributed by atoms with Gasteiger partial charge in [-0.15, -0.1) is 0 Å². The number of hydrogen-bond acceptors (Lipinski definition) is 4. The number of carbonyl (C=O) groups excluding carboxylic acids is 2. The van der Waals surface area contributed by atoms with Crippen LogP contribution >= 0.6 is 0 Å². The second-order valence-electron chi connectivity index (χ2n) is 7.04. The second kappa shape index (κ2) is 9.19. The number of benzene rings is 2. The summed E-state index contributed by atoms with van der Waals surface area (Å²) in [6.45, 7) is 2.69. The van der Waals surface area contributed by atoms with E-state index in [1.54, 1.807) is 30.3 Å². The van der Waals surface area contributed by atoms with Crippen molar-refractivity contribution >= 4 is 21.8 Å². The van der Waals surface area contributed by atoms with Crippen LogP contribution in [0.5, 0.6) is 0 Å². The van der Waals surface area contributed by atoms with Gasteiger partial charge < -0.3 is 10.6 Å². The summed E-state index contributed by atoms with van der Waals surface area (Å²) in [5.41, 5.74) is 1.96. The first-order valence-electron chi connectivity index (χ1n) is 9.57. The van der Waals surface area contributed by atoms with E-state index in [9.17, 15) is 18.0 Å². The number of hydrogen-bond donors (Lipinski definition) is 2. The van der Waals surface area contributed by atoms with Crippen molar-refractivity contribution in [3.05, 3.63) is 65.7 Å². The lowest BCUT2D eigenvalue weighted by Gasteiger charge is -2.24. The SMILES string of the molecule is Cc1ccccc1CNC(=O)C(=O)NC[C@@H]1CCCN1S(=O)(=O)c1ccccc1. The van der Waals surface area contributed by atoms with Crippen molar-refractivity contribution in [2.75, 3.05) is 13.1 Å². The van der Waals surface area contributed by atoms with Gasteiger partial charge in [0, 0.05) is 25.7 Å². The van der Waals surface area contributed by atoms with Crippen molar-refractivity contribution in [3.8, 4) is 0 Å². The molecule has 1 aliphatic rings. The minimum absolute atomic E-state index is 0.0999. The minimum atomic E-state index is -3.63. The van der Waals surface area contributed by atoms with Gasteiger partial charge >= 0.3 is 11.8 Å². The van der Waals surface area contributed by atoms with Crippen LogP contribution in [0.25, 0.3) is 0 Å². The Bertz CT molecular complexity index is 976. The molecule has 0 aliphatic carbocycles. The van der Waals surface area contributed by atoms with Gasteiger partial charge in [-0.05, 0) is 43.0 Å². The van der Waals surface area contributed by atoms with Crippen molar-refractivity contribution in [2.24, 2.45) is 0 Å². The molecule has 0 bridgehead atoms. The first-order chi connectivity index (χ1) is 13.9. The molecule has 3 rings (SSSR count). The molecular formula is C21H25N3O4S. The maximum absolute atomic E-state index is 12.8. The Morgan fingerprint density at radius 3 is 2.38 bits per heavy atom. The summed E-state index contributed by atoms with van der Waals surface area (Å²) in [6.07, 6.45) is 1.35. The maximum Gasteiger partial charge on any atom is 0.309 e. The molecule has 0 unspecified atom stereocenters.